The van der Waals surface area contributed by atoms with Crippen LogP contribution >= 0.6 is 11.3 Å². The van der Waals surface area contributed by atoms with Crippen LogP contribution in [-0.4, -0.2) is 17.0 Å². The van der Waals surface area contributed by atoms with Gasteiger partial charge in [-0.2, -0.15) is 0 Å². The molecule has 1 aromatic carbocycles. The molecule has 1 N–H and O–H groups in total. The number of fused-ring (bicyclic) bond motifs is 1. The Labute approximate surface area is 147 Å². The number of thiophene rings is 1. The van der Waals surface area contributed by atoms with E-state index in [0.717, 1.165) is 17.8 Å². The maximum absolute atomic E-state index is 12.7. The van der Waals surface area contributed by atoms with Crippen LogP contribution in [0.15, 0.2) is 36.4 Å². The number of nitrogens with one attached hydrogen (secondary N) is 1. The van der Waals surface area contributed by atoms with E-state index in [1.54, 1.807) is 11.3 Å². The highest BCUT2D eigenvalue weighted by Crippen LogP contribution is 2.29. The number of aromatic nitrogens is 1. The van der Waals surface area contributed by atoms with E-state index in [1.807, 2.05) is 6.07 Å². The SMILES string of the molecule is Cc1cc2c(cc(C(=O)NCC(C)C)n2Cc2ccccc2C)s1. The van der Waals surface area contributed by atoms with Crippen molar-refractivity contribution >= 4 is 27.5 Å². The van der Waals surface area contributed by atoms with Crippen molar-refractivity contribution in [2.24, 2.45) is 5.92 Å². The molecular formula is C20H24N2OS. The first-order valence-electron chi connectivity index (χ1n) is 8.38. The minimum atomic E-state index is 0.0123. The standard InChI is InChI=1S/C20H24N2OS/c1-13(2)11-21-20(23)18-10-19-17(9-15(4)24-19)22(18)12-16-8-6-5-7-14(16)3/h5-10,13H,11-12H2,1-4H3,(H,21,23). The quantitative estimate of drug-likeness (QED) is 0.714. The van der Waals surface area contributed by atoms with E-state index in [4.69, 9.17) is 0 Å². The van der Waals surface area contributed by atoms with E-state index in [9.17, 15) is 4.79 Å². The number of rotatable bonds is 5. The highest BCUT2D eigenvalue weighted by atomic mass is 32.1. The molecule has 3 aromatic rings. The van der Waals surface area contributed by atoms with Gasteiger partial charge in [0.05, 0.1) is 10.2 Å². The van der Waals surface area contributed by atoms with Crippen LogP contribution in [0.1, 0.15) is 40.3 Å². The molecule has 0 spiro atoms. The normalized spacial score (nSPS) is 11.4. The van der Waals surface area contributed by atoms with Crippen molar-refractivity contribution in [2.45, 2.75) is 34.2 Å². The molecule has 0 unspecified atom stereocenters. The van der Waals surface area contributed by atoms with E-state index in [1.165, 1.54) is 20.7 Å². The zero-order chi connectivity index (χ0) is 17.3. The molecule has 0 saturated heterocycles. The number of amides is 1. The highest BCUT2D eigenvalue weighted by molar-refractivity contribution is 7.19. The van der Waals surface area contributed by atoms with E-state index in [2.05, 4.69) is 67.9 Å². The Morgan fingerprint density at radius 3 is 2.67 bits per heavy atom. The molecule has 0 bridgehead atoms. The third kappa shape index (κ3) is 3.39. The number of benzene rings is 1. The minimum absolute atomic E-state index is 0.0123. The van der Waals surface area contributed by atoms with Gasteiger partial charge in [0, 0.05) is 18.0 Å². The fourth-order valence-corrected chi connectivity index (χ4v) is 3.83. The van der Waals surface area contributed by atoms with Crippen molar-refractivity contribution in [1.29, 1.82) is 0 Å². The molecule has 0 fully saturated rings. The molecule has 4 heteroatoms. The van der Waals surface area contributed by atoms with Gasteiger partial charge < -0.3 is 9.88 Å². The van der Waals surface area contributed by atoms with Gasteiger partial charge in [-0.05, 0) is 43.0 Å². The van der Waals surface area contributed by atoms with Crippen molar-refractivity contribution in [1.82, 2.24) is 9.88 Å². The first kappa shape index (κ1) is 16.8. The molecule has 0 atom stereocenters. The summed E-state index contributed by atoms with van der Waals surface area (Å²) in [6.07, 6.45) is 0. The fraction of sp³-hybridized carbons (Fsp3) is 0.350. The molecule has 3 rings (SSSR count). The molecule has 3 nitrogen and oxygen atoms in total. The molecule has 0 aliphatic heterocycles. The summed E-state index contributed by atoms with van der Waals surface area (Å²) in [5.74, 6) is 0.454. The van der Waals surface area contributed by atoms with Gasteiger partial charge in [0.15, 0.2) is 0 Å². The van der Waals surface area contributed by atoms with E-state index in [-0.39, 0.29) is 5.91 Å². The first-order chi connectivity index (χ1) is 11.5. The lowest BCUT2D eigenvalue weighted by atomic mass is 10.1. The summed E-state index contributed by atoms with van der Waals surface area (Å²) in [5, 5.41) is 3.05. The Kier molecular flexibility index (Phi) is 4.76. The van der Waals surface area contributed by atoms with Crippen LogP contribution in [0.5, 0.6) is 0 Å². The van der Waals surface area contributed by atoms with Crippen molar-refractivity contribution in [3.8, 4) is 0 Å². The Bertz CT molecular complexity index is 873. The molecule has 0 saturated carbocycles. The zero-order valence-corrected chi connectivity index (χ0v) is 15.5. The van der Waals surface area contributed by atoms with Crippen LogP contribution in [0.2, 0.25) is 0 Å². The average molecular weight is 340 g/mol. The Morgan fingerprint density at radius 2 is 1.96 bits per heavy atom. The second-order valence-corrected chi connectivity index (χ2v) is 8.04. The van der Waals surface area contributed by atoms with E-state index >= 15 is 0 Å². The van der Waals surface area contributed by atoms with Crippen molar-refractivity contribution in [3.63, 3.8) is 0 Å². The summed E-state index contributed by atoms with van der Waals surface area (Å²) < 4.78 is 3.33. The highest BCUT2D eigenvalue weighted by Gasteiger charge is 2.18. The molecule has 0 radical (unpaired) electrons. The number of aryl methyl sites for hydroxylation is 2. The minimum Gasteiger partial charge on any atom is -0.351 e. The van der Waals surface area contributed by atoms with Gasteiger partial charge in [-0.15, -0.1) is 11.3 Å². The molecule has 0 aliphatic carbocycles. The molecule has 126 valence electrons. The Hall–Kier alpha value is -2.07. The van der Waals surface area contributed by atoms with Crippen molar-refractivity contribution in [3.05, 3.63) is 58.1 Å². The van der Waals surface area contributed by atoms with Gasteiger partial charge in [-0.25, -0.2) is 0 Å². The summed E-state index contributed by atoms with van der Waals surface area (Å²) in [6, 6.07) is 12.6. The Morgan fingerprint density at radius 1 is 1.21 bits per heavy atom. The van der Waals surface area contributed by atoms with E-state index in [0.29, 0.717) is 12.5 Å². The Balaban J connectivity index is 2.01. The van der Waals surface area contributed by atoms with Gasteiger partial charge in [0.25, 0.3) is 5.91 Å². The summed E-state index contributed by atoms with van der Waals surface area (Å²) in [4.78, 5) is 13.9. The third-order valence-electron chi connectivity index (χ3n) is 4.21. The zero-order valence-electron chi connectivity index (χ0n) is 14.7. The van der Waals surface area contributed by atoms with Crippen LogP contribution in [-0.2, 0) is 6.54 Å². The maximum Gasteiger partial charge on any atom is 0.267 e. The summed E-state index contributed by atoms with van der Waals surface area (Å²) in [6.45, 7) is 9.86. The molecular weight excluding hydrogens is 316 g/mol. The van der Waals surface area contributed by atoms with E-state index < -0.39 is 0 Å². The van der Waals surface area contributed by atoms with Gasteiger partial charge in [0.1, 0.15) is 5.69 Å². The second-order valence-electron chi connectivity index (χ2n) is 6.75. The van der Waals surface area contributed by atoms with Crippen LogP contribution in [0.4, 0.5) is 0 Å². The summed E-state index contributed by atoms with van der Waals surface area (Å²) in [5.41, 5.74) is 4.40. The molecule has 24 heavy (non-hydrogen) atoms. The van der Waals surface area contributed by atoms with Crippen molar-refractivity contribution < 1.29 is 4.79 Å². The monoisotopic (exact) mass is 340 g/mol. The molecule has 1 amide bonds. The predicted molar refractivity (Wildman–Crippen MR) is 102 cm³/mol. The van der Waals surface area contributed by atoms with Gasteiger partial charge >= 0.3 is 0 Å². The first-order valence-corrected chi connectivity index (χ1v) is 9.19. The number of hydrogen-bond donors (Lipinski definition) is 1. The topological polar surface area (TPSA) is 34.0 Å². The lowest BCUT2D eigenvalue weighted by Crippen LogP contribution is -2.29. The number of carbonyl (C=O) groups is 1. The molecule has 2 aromatic heterocycles. The van der Waals surface area contributed by atoms with Crippen LogP contribution < -0.4 is 5.32 Å². The van der Waals surface area contributed by atoms with Gasteiger partial charge in [0.2, 0.25) is 0 Å². The summed E-state index contributed by atoms with van der Waals surface area (Å²) >= 11 is 1.74. The largest absolute Gasteiger partial charge is 0.351 e. The third-order valence-corrected chi connectivity index (χ3v) is 5.19. The predicted octanol–water partition coefficient (Wildman–Crippen LogP) is 4.75. The maximum atomic E-state index is 12.7. The van der Waals surface area contributed by atoms with Crippen LogP contribution in [0.25, 0.3) is 10.2 Å². The fourth-order valence-electron chi connectivity index (χ4n) is 2.87. The van der Waals surface area contributed by atoms with Crippen molar-refractivity contribution in [2.75, 3.05) is 6.54 Å². The van der Waals surface area contributed by atoms with Crippen LogP contribution in [0.3, 0.4) is 0 Å². The smallest absolute Gasteiger partial charge is 0.267 e. The lowest BCUT2D eigenvalue weighted by molar-refractivity contribution is 0.0940. The van der Waals surface area contributed by atoms with Crippen LogP contribution in [0, 0.1) is 19.8 Å². The average Bonchev–Trinajstić information content (AvgIpc) is 3.04. The number of hydrogen-bond acceptors (Lipinski definition) is 2. The second kappa shape index (κ2) is 6.81. The number of nitrogens with zero attached hydrogens (tertiary/aromatic N) is 1. The number of carbonyl (C=O) groups excluding carboxylic acids is 1. The molecule has 0 aliphatic rings. The lowest BCUT2D eigenvalue weighted by Gasteiger charge is -2.13. The van der Waals surface area contributed by atoms with Gasteiger partial charge in [-0.3, -0.25) is 4.79 Å². The molecule has 2 heterocycles. The summed E-state index contributed by atoms with van der Waals surface area (Å²) in [7, 11) is 0. The van der Waals surface area contributed by atoms with Gasteiger partial charge in [-0.1, -0.05) is 38.1 Å².